The van der Waals surface area contributed by atoms with Crippen molar-refractivity contribution in [1.29, 1.82) is 0 Å². The molecule has 1 aliphatic heterocycles. The standard InChI is InChI=1S/C18H12BrN3O3S/c19-12-7-5-11(6-8-12)15-20-21-18(25-15)26-10-9-22-16(23)13-3-1-2-4-14(13)17(22)24/h1-8H,9-10H2. The molecule has 3 aromatic rings. The summed E-state index contributed by atoms with van der Waals surface area (Å²) in [6.45, 7) is 0.285. The van der Waals surface area contributed by atoms with E-state index in [0.717, 1.165) is 10.0 Å². The lowest BCUT2D eigenvalue weighted by Gasteiger charge is -2.12. The molecule has 0 unspecified atom stereocenters. The number of carbonyl (C=O) groups excluding carboxylic acids is 2. The van der Waals surface area contributed by atoms with Crippen molar-refractivity contribution in [3.8, 4) is 11.5 Å². The third kappa shape index (κ3) is 3.17. The van der Waals surface area contributed by atoms with Crippen LogP contribution in [0, 0.1) is 0 Å². The van der Waals surface area contributed by atoms with Crippen LogP contribution >= 0.6 is 27.7 Å². The molecule has 2 aromatic carbocycles. The van der Waals surface area contributed by atoms with Gasteiger partial charge in [0, 0.05) is 22.3 Å². The van der Waals surface area contributed by atoms with Gasteiger partial charge in [-0.3, -0.25) is 14.5 Å². The topological polar surface area (TPSA) is 76.3 Å². The van der Waals surface area contributed by atoms with Crippen molar-refractivity contribution < 1.29 is 14.0 Å². The Bertz CT molecular complexity index is 952. The molecule has 0 radical (unpaired) electrons. The monoisotopic (exact) mass is 429 g/mol. The van der Waals surface area contributed by atoms with Crippen molar-refractivity contribution in [2.45, 2.75) is 5.22 Å². The molecule has 4 rings (SSSR count). The first-order chi connectivity index (χ1) is 12.6. The number of imide groups is 1. The first-order valence-corrected chi connectivity index (χ1v) is 9.59. The Morgan fingerprint density at radius 1 is 0.962 bits per heavy atom. The second-order valence-corrected chi connectivity index (χ2v) is 7.50. The average Bonchev–Trinajstić information content (AvgIpc) is 3.22. The molecule has 1 aromatic heterocycles. The van der Waals surface area contributed by atoms with E-state index in [4.69, 9.17) is 4.42 Å². The molecule has 130 valence electrons. The van der Waals surface area contributed by atoms with E-state index in [0.29, 0.717) is 28.0 Å². The van der Waals surface area contributed by atoms with Crippen LogP contribution in [-0.2, 0) is 0 Å². The lowest BCUT2D eigenvalue weighted by Crippen LogP contribution is -2.31. The number of thioether (sulfide) groups is 1. The zero-order valence-corrected chi connectivity index (χ0v) is 15.8. The summed E-state index contributed by atoms with van der Waals surface area (Å²) >= 11 is 4.69. The predicted molar refractivity (Wildman–Crippen MR) is 100.0 cm³/mol. The molecule has 0 spiro atoms. The van der Waals surface area contributed by atoms with Gasteiger partial charge in [-0.2, -0.15) is 0 Å². The molecule has 0 bridgehead atoms. The number of aromatic nitrogens is 2. The van der Waals surface area contributed by atoms with Gasteiger partial charge in [0.25, 0.3) is 17.0 Å². The Kier molecular flexibility index (Phi) is 4.60. The van der Waals surface area contributed by atoms with Gasteiger partial charge in [0.05, 0.1) is 11.1 Å². The van der Waals surface area contributed by atoms with Crippen molar-refractivity contribution in [3.63, 3.8) is 0 Å². The molecule has 0 saturated heterocycles. The summed E-state index contributed by atoms with van der Waals surface area (Å²) in [5, 5.41) is 8.43. The second-order valence-electron chi connectivity index (χ2n) is 5.54. The number of hydrogen-bond donors (Lipinski definition) is 0. The maximum atomic E-state index is 12.3. The predicted octanol–water partition coefficient (Wildman–Crippen LogP) is 3.89. The third-order valence-electron chi connectivity index (χ3n) is 3.92. The largest absolute Gasteiger partial charge is 0.411 e. The Labute approximate surface area is 161 Å². The van der Waals surface area contributed by atoms with Gasteiger partial charge in [-0.15, -0.1) is 10.2 Å². The maximum Gasteiger partial charge on any atom is 0.276 e. The third-order valence-corrected chi connectivity index (χ3v) is 5.24. The van der Waals surface area contributed by atoms with Crippen LogP contribution < -0.4 is 0 Å². The van der Waals surface area contributed by atoms with Gasteiger partial charge >= 0.3 is 0 Å². The summed E-state index contributed by atoms with van der Waals surface area (Å²) in [6, 6.07) is 14.4. The maximum absolute atomic E-state index is 12.3. The number of halogens is 1. The van der Waals surface area contributed by atoms with Crippen LogP contribution in [0.25, 0.3) is 11.5 Å². The highest BCUT2D eigenvalue weighted by Crippen LogP contribution is 2.26. The van der Waals surface area contributed by atoms with Gasteiger partial charge in [0.15, 0.2) is 0 Å². The first kappa shape index (κ1) is 17.0. The Balaban J connectivity index is 1.38. The quantitative estimate of drug-likeness (QED) is 0.452. The zero-order chi connectivity index (χ0) is 18.1. The summed E-state index contributed by atoms with van der Waals surface area (Å²) in [6.07, 6.45) is 0. The zero-order valence-electron chi connectivity index (χ0n) is 13.4. The summed E-state index contributed by atoms with van der Waals surface area (Å²) in [4.78, 5) is 25.9. The van der Waals surface area contributed by atoms with E-state index in [2.05, 4.69) is 26.1 Å². The molecule has 0 saturated carbocycles. The Morgan fingerprint density at radius 2 is 1.62 bits per heavy atom. The number of nitrogens with zero attached hydrogens (tertiary/aromatic N) is 3. The molecule has 0 fully saturated rings. The highest BCUT2D eigenvalue weighted by atomic mass is 79.9. The van der Waals surface area contributed by atoms with E-state index in [-0.39, 0.29) is 18.4 Å². The minimum Gasteiger partial charge on any atom is -0.411 e. The number of amides is 2. The molecule has 2 heterocycles. The average molecular weight is 430 g/mol. The van der Waals surface area contributed by atoms with E-state index >= 15 is 0 Å². The molecule has 0 N–H and O–H groups in total. The van der Waals surface area contributed by atoms with Crippen LogP contribution in [0.4, 0.5) is 0 Å². The summed E-state index contributed by atoms with van der Waals surface area (Å²) in [7, 11) is 0. The van der Waals surface area contributed by atoms with Gasteiger partial charge in [-0.1, -0.05) is 39.8 Å². The lowest BCUT2D eigenvalue weighted by molar-refractivity contribution is 0.0664. The number of benzene rings is 2. The van der Waals surface area contributed by atoms with Crippen LogP contribution in [-0.4, -0.2) is 39.2 Å². The van der Waals surface area contributed by atoms with E-state index in [1.807, 2.05) is 24.3 Å². The normalized spacial score (nSPS) is 13.3. The van der Waals surface area contributed by atoms with Crippen molar-refractivity contribution in [3.05, 3.63) is 64.1 Å². The molecule has 0 atom stereocenters. The number of hydrogen-bond acceptors (Lipinski definition) is 6. The fourth-order valence-corrected chi connectivity index (χ4v) is 3.59. The molecule has 1 aliphatic rings. The summed E-state index contributed by atoms with van der Waals surface area (Å²) < 4.78 is 6.60. The van der Waals surface area contributed by atoms with Gasteiger partial charge in [0.1, 0.15) is 0 Å². The number of fused-ring (bicyclic) bond motifs is 1. The minimum atomic E-state index is -0.257. The van der Waals surface area contributed by atoms with E-state index in [1.165, 1.54) is 16.7 Å². The van der Waals surface area contributed by atoms with Crippen LogP contribution in [0.15, 0.2) is 62.6 Å². The van der Waals surface area contributed by atoms with Crippen molar-refractivity contribution in [2.75, 3.05) is 12.3 Å². The smallest absolute Gasteiger partial charge is 0.276 e. The molecule has 6 nitrogen and oxygen atoms in total. The molecule has 8 heteroatoms. The SMILES string of the molecule is O=C1c2ccccc2C(=O)N1CCSc1nnc(-c2ccc(Br)cc2)o1. The van der Waals surface area contributed by atoms with Gasteiger partial charge in [0.2, 0.25) is 5.89 Å². The van der Waals surface area contributed by atoms with Crippen molar-refractivity contribution in [2.24, 2.45) is 0 Å². The molecular weight excluding hydrogens is 418 g/mol. The molecule has 26 heavy (non-hydrogen) atoms. The summed E-state index contributed by atoms with van der Waals surface area (Å²) in [5.74, 6) is 0.397. The Hall–Kier alpha value is -2.45. The molecular formula is C18H12BrN3O3S. The van der Waals surface area contributed by atoms with Crippen LogP contribution in [0.1, 0.15) is 20.7 Å². The van der Waals surface area contributed by atoms with Crippen molar-refractivity contribution >= 4 is 39.5 Å². The van der Waals surface area contributed by atoms with E-state index < -0.39 is 0 Å². The van der Waals surface area contributed by atoms with Gasteiger partial charge < -0.3 is 4.42 Å². The molecule has 2 amide bonds. The van der Waals surface area contributed by atoms with Crippen LogP contribution in [0.3, 0.4) is 0 Å². The van der Waals surface area contributed by atoms with Crippen LogP contribution in [0.2, 0.25) is 0 Å². The van der Waals surface area contributed by atoms with Crippen molar-refractivity contribution in [1.82, 2.24) is 15.1 Å². The first-order valence-electron chi connectivity index (χ1n) is 7.81. The fraction of sp³-hybridized carbons (Fsp3) is 0.111. The highest BCUT2D eigenvalue weighted by Gasteiger charge is 2.34. The summed E-state index contributed by atoms with van der Waals surface area (Å²) in [5.41, 5.74) is 1.74. The number of rotatable bonds is 5. The van der Waals surface area contributed by atoms with E-state index in [9.17, 15) is 9.59 Å². The minimum absolute atomic E-state index is 0.257. The lowest BCUT2D eigenvalue weighted by atomic mass is 10.1. The van der Waals surface area contributed by atoms with Crippen LogP contribution in [0.5, 0.6) is 0 Å². The van der Waals surface area contributed by atoms with Gasteiger partial charge in [-0.05, 0) is 36.4 Å². The Morgan fingerprint density at radius 3 is 2.27 bits per heavy atom. The van der Waals surface area contributed by atoms with E-state index in [1.54, 1.807) is 24.3 Å². The second kappa shape index (κ2) is 7.05. The van der Waals surface area contributed by atoms with Gasteiger partial charge in [-0.25, -0.2) is 0 Å². The highest BCUT2D eigenvalue weighted by molar-refractivity contribution is 9.10. The fourth-order valence-electron chi connectivity index (χ4n) is 2.64. The molecule has 0 aliphatic carbocycles. The number of carbonyl (C=O) groups is 2.